The Bertz CT molecular complexity index is 852. The van der Waals surface area contributed by atoms with Crippen molar-refractivity contribution in [2.45, 2.75) is 20.3 Å². The number of esters is 1. The molecule has 5 heteroatoms. The molecule has 4 nitrogen and oxygen atoms in total. The standard InChI is InChI=1S/C19H18N2O2S/c1-4-17-15(13-5-7-14(8-6-13)19(22)23-3)9-18(24-17)16-11-20-12(2)10-21-16/h5-11H,4H2,1-3H3. The number of aryl methyl sites for hydroxylation is 2. The van der Waals surface area contributed by atoms with E-state index in [2.05, 4.69) is 23.0 Å². The third-order valence-corrected chi connectivity index (χ3v) is 5.08. The molecule has 24 heavy (non-hydrogen) atoms. The topological polar surface area (TPSA) is 52.1 Å². The second kappa shape index (κ2) is 6.93. The molecule has 0 amide bonds. The van der Waals surface area contributed by atoms with E-state index in [1.807, 2.05) is 25.3 Å². The number of benzene rings is 1. The Morgan fingerprint density at radius 3 is 2.50 bits per heavy atom. The summed E-state index contributed by atoms with van der Waals surface area (Å²) in [5.74, 6) is -0.321. The molecule has 0 unspecified atom stereocenters. The zero-order valence-electron chi connectivity index (χ0n) is 13.9. The summed E-state index contributed by atoms with van der Waals surface area (Å²) in [7, 11) is 1.39. The summed E-state index contributed by atoms with van der Waals surface area (Å²) >= 11 is 1.73. The van der Waals surface area contributed by atoms with Crippen molar-refractivity contribution < 1.29 is 9.53 Å². The van der Waals surface area contributed by atoms with Crippen LogP contribution < -0.4 is 0 Å². The first-order chi connectivity index (χ1) is 11.6. The number of hydrogen-bond donors (Lipinski definition) is 0. The molecule has 0 N–H and O–H groups in total. The molecule has 2 aromatic heterocycles. The van der Waals surface area contributed by atoms with E-state index in [4.69, 9.17) is 4.74 Å². The van der Waals surface area contributed by atoms with Crippen LogP contribution in [0.25, 0.3) is 21.7 Å². The van der Waals surface area contributed by atoms with Crippen molar-refractivity contribution in [2.75, 3.05) is 7.11 Å². The molecule has 0 atom stereocenters. The van der Waals surface area contributed by atoms with Gasteiger partial charge in [-0.05, 0) is 42.7 Å². The smallest absolute Gasteiger partial charge is 0.337 e. The van der Waals surface area contributed by atoms with Gasteiger partial charge in [-0.3, -0.25) is 9.97 Å². The van der Waals surface area contributed by atoms with E-state index in [1.54, 1.807) is 29.7 Å². The first-order valence-electron chi connectivity index (χ1n) is 7.73. The average molecular weight is 338 g/mol. The number of nitrogens with zero attached hydrogens (tertiary/aromatic N) is 2. The molecule has 0 fully saturated rings. The van der Waals surface area contributed by atoms with Crippen LogP contribution in [0, 0.1) is 6.92 Å². The highest BCUT2D eigenvalue weighted by Gasteiger charge is 2.13. The van der Waals surface area contributed by atoms with Crippen LogP contribution in [0.5, 0.6) is 0 Å². The highest BCUT2D eigenvalue weighted by Crippen LogP contribution is 2.36. The van der Waals surface area contributed by atoms with Crippen LogP contribution in [0.2, 0.25) is 0 Å². The molecule has 0 aliphatic carbocycles. The quantitative estimate of drug-likeness (QED) is 0.656. The van der Waals surface area contributed by atoms with E-state index in [-0.39, 0.29) is 5.97 Å². The molecule has 0 radical (unpaired) electrons. The minimum Gasteiger partial charge on any atom is -0.465 e. The van der Waals surface area contributed by atoms with Crippen LogP contribution in [0.15, 0.2) is 42.7 Å². The van der Waals surface area contributed by atoms with Crippen molar-refractivity contribution in [3.05, 3.63) is 58.9 Å². The zero-order chi connectivity index (χ0) is 17.1. The fourth-order valence-electron chi connectivity index (χ4n) is 2.49. The fourth-order valence-corrected chi connectivity index (χ4v) is 3.57. The van der Waals surface area contributed by atoms with Crippen molar-refractivity contribution in [1.82, 2.24) is 9.97 Å². The Kier molecular flexibility index (Phi) is 4.71. The van der Waals surface area contributed by atoms with E-state index < -0.39 is 0 Å². The summed E-state index contributed by atoms with van der Waals surface area (Å²) in [6.07, 6.45) is 4.54. The predicted octanol–water partition coefficient (Wildman–Crippen LogP) is 4.53. The lowest BCUT2D eigenvalue weighted by Crippen LogP contribution is -2.00. The van der Waals surface area contributed by atoms with Gasteiger partial charge in [0.2, 0.25) is 0 Å². The van der Waals surface area contributed by atoms with Gasteiger partial charge in [-0.25, -0.2) is 4.79 Å². The van der Waals surface area contributed by atoms with Gasteiger partial charge in [0.25, 0.3) is 0 Å². The van der Waals surface area contributed by atoms with Gasteiger partial charge in [-0.1, -0.05) is 19.1 Å². The summed E-state index contributed by atoms with van der Waals surface area (Å²) < 4.78 is 4.75. The summed E-state index contributed by atoms with van der Waals surface area (Å²) in [4.78, 5) is 22.8. The molecule has 3 aromatic rings. The first-order valence-corrected chi connectivity index (χ1v) is 8.54. The summed E-state index contributed by atoms with van der Waals surface area (Å²) in [5, 5.41) is 0. The Morgan fingerprint density at radius 1 is 1.17 bits per heavy atom. The van der Waals surface area contributed by atoms with E-state index in [0.717, 1.165) is 28.2 Å². The van der Waals surface area contributed by atoms with Crippen molar-refractivity contribution in [1.29, 1.82) is 0 Å². The number of thiophene rings is 1. The lowest BCUT2D eigenvalue weighted by atomic mass is 10.0. The number of carbonyl (C=O) groups excluding carboxylic acids is 1. The highest BCUT2D eigenvalue weighted by atomic mass is 32.1. The van der Waals surface area contributed by atoms with Crippen LogP contribution in [0.4, 0.5) is 0 Å². The first kappa shape index (κ1) is 16.3. The third kappa shape index (κ3) is 3.21. The van der Waals surface area contributed by atoms with Crippen LogP contribution in [-0.4, -0.2) is 23.0 Å². The normalized spacial score (nSPS) is 10.6. The van der Waals surface area contributed by atoms with E-state index in [1.165, 1.54) is 17.6 Å². The molecular weight excluding hydrogens is 320 g/mol. The van der Waals surface area contributed by atoms with Gasteiger partial charge < -0.3 is 4.74 Å². The molecule has 0 spiro atoms. The van der Waals surface area contributed by atoms with Gasteiger partial charge >= 0.3 is 5.97 Å². The molecule has 122 valence electrons. The zero-order valence-corrected chi connectivity index (χ0v) is 14.7. The molecule has 0 saturated heterocycles. The Morgan fingerprint density at radius 2 is 1.92 bits per heavy atom. The van der Waals surface area contributed by atoms with Crippen LogP contribution in [0.1, 0.15) is 27.9 Å². The number of carbonyl (C=O) groups is 1. The lowest BCUT2D eigenvalue weighted by molar-refractivity contribution is 0.0601. The van der Waals surface area contributed by atoms with Gasteiger partial charge in [0.1, 0.15) is 0 Å². The predicted molar refractivity (Wildman–Crippen MR) is 96.2 cm³/mol. The molecule has 0 bridgehead atoms. The maximum atomic E-state index is 11.6. The third-order valence-electron chi connectivity index (χ3n) is 3.78. The minimum absolute atomic E-state index is 0.321. The average Bonchev–Trinajstić information content (AvgIpc) is 3.06. The summed E-state index contributed by atoms with van der Waals surface area (Å²) in [6.45, 7) is 4.07. The molecule has 0 aliphatic heterocycles. The molecule has 3 rings (SSSR count). The van der Waals surface area contributed by atoms with Gasteiger partial charge in [-0.15, -0.1) is 11.3 Å². The monoisotopic (exact) mass is 338 g/mol. The van der Waals surface area contributed by atoms with Crippen LogP contribution >= 0.6 is 11.3 Å². The molecular formula is C19H18N2O2S. The van der Waals surface area contributed by atoms with Crippen molar-refractivity contribution in [3.63, 3.8) is 0 Å². The Balaban J connectivity index is 1.98. The van der Waals surface area contributed by atoms with Gasteiger partial charge in [0.15, 0.2) is 0 Å². The largest absolute Gasteiger partial charge is 0.465 e. The SMILES string of the molecule is CCc1sc(-c2cnc(C)cn2)cc1-c1ccc(C(=O)OC)cc1. The lowest BCUT2D eigenvalue weighted by Gasteiger charge is -2.03. The molecule has 2 heterocycles. The number of aromatic nitrogens is 2. The van der Waals surface area contributed by atoms with Crippen molar-refractivity contribution >= 4 is 17.3 Å². The van der Waals surface area contributed by atoms with E-state index in [9.17, 15) is 4.79 Å². The highest BCUT2D eigenvalue weighted by molar-refractivity contribution is 7.16. The molecule has 0 aliphatic rings. The maximum Gasteiger partial charge on any atom is 0.337 e. The van der Waals surface area contributed by atoms with Gasteiger partial charge in [0.05, 0.1) is 35.1 Å². The molecule has 0 saturated carbocycles. The number of ether oxygens (including phenoxy) is 1. The minimum atomic E-state index is -0.321. The van der Waals surface area contributed by atoms with Gasteiger partial charge in [0, 0.05) is 11.1 Å². The maximum absolute atomic E-state index is 11.6. The van der Waals surface area contributed by atoms with Crippen molar-refractivity contribution in [3.8, 4) is 21.7 Å². The van der Waals surface area contributed by atoms with Crippen molar-refractivity contribution in [2.24, 2.45) is 0 Å². The van der Waals surface area contributed by atoms with Crippen LogP contribution in [-0.2, 0) is 11.2 Å². The summed E-state index contributed by atoms with van der Waals surface area (Å²) in [6, 6.07) is 9.65. The Labute approximate surface area is 145 Å². The second-order valence-corrected chi connectivity index (χ2v) is 6.55. The van der Waals surface area contributed by atoms with Crippen LogP contribution in [0.3, 0.4) is 0 Å². The fraction of sp³-hybridized carbons (Fsp3) is 0.211. The second-order valence-electron chi connectivity index (χ2n) is 5.41. The van der Waals surface area contributed by atoms with E-state index >= 15 is 0 Å². The number of methoxy groups -OCH3 is 1. The molecule has 1 aromatic carbocycles. The van der Waals surface area contributed by atoms with E-state index in [0.29, 0.717) is 5.56 Å². The number of rotatable bonds is 4. The number of hydrogen-bond acceptors (Lipinski definition) is 5. The van der Waals surface area contributed by atoms with Gasteiger partial charge in [-0.2, -0.15) is 0 Å². The summed E-state index contributed by atoms with van der Waals surface area (Å²) in [5.41, 5.74) is 4.61. The Hall–Kier alpha value is -2.53.